The number of benzene rings is 1. The fraction of sp³-hybridized carbons (Fsp3) is 0.600. The van der Waals surface area contributed by atoms with E-state index in [1.165, 1.54) is 12.8 Å². The summed E-state index contributed by atoms with van der Waals surface area (Å²) in [6.07, 6.45) is 3.36. The molecule has 0 aromatic heterocycles. The third-order valence-electron chi connectivity index (χ3n) is 4.14. The average molecular weight is 235 g/mol. The molecular weight excluding hydrogens is 213 g/mol. The normalized spacial score (nSPS) is 24.5. The Hall–Kier alpha value is -0.890. The number of nitrogens with one attached hydrogen (secondary N) is 1. The SMILES string of the molecule is Cc1ccc(CC2(C(C)C)CCCN2)cc1F. The van der Waals surface area contributed by atoms with Gasteiger partial charge >= 0.3 is 0 Å². The molecule has 2 heteroatoms. The van der Waals surface area contributed by atoms with Crippen molar-refractivity contribution in [1.29, 1.82) is 0 Å². The molecule has 1 saturated heterocycles. The Morgan fingerprint density at radius 3 is 2.71 bits per heavy atom. The number of hydrogen-bond donors (Lipinski definition) is 1. The molecule has 1 fully saturated rings. The van der Waals surface area contributed by atoms with Crippen molar-refractivity contribution < 1.29 is 4.39 Å². The first-order valence-corrected chi connectivity index (χ1v) is 6.53. The van der Waals surface area contributed by atoms with Gasteiger partial charge in [0.15, 0.2) is 0 Å². The molecule has 1 atom stereocenters. The molecule has 0 spiro atoms. The fourth-order valence-corrected chi connectivity index (χ4v) is 2.79. The highest BCUT2D eigenvalue weighted by molar-refractivity contribution is 5.25. The molecule has 1 aliphatic rings. The maximum Gasteiger partial charge on any atom is 0.126 e. The minimum Gasteiger partial charge on any atom is -0.311 e. The minimum absolute atomic E-state index is 0.0839. The first-order valence-electron chi connectivity index (χ1n) is 6.53. The van der Waals surface area contributed by atoms with Gasteiger partial charge < -0.3 is 5.32 Å². The van der Waals surface area contributed by atoms with Crippen molar-refractivity contribution in [3.05, 3.63) is 35.1 Å². The zero-order valence-electron chi connectivity index (χ0n) is 11.0. The lowest BCUT2D eigenvalue weighted by atomic mass is 9.79. The predicted molar refractivity (Wildman–Crippen MR) is 69.6 cm³/mol. The van der Waals surface area contributed by atoms with Crippen LogP contribution in [-0.2, 0) is 6.42 Å². The number of rotatable bonds is 3. The van der Waals surface area contributed by atoms with E-state index in [0.29, 0.717) is 5.92 Å². The lowest BCUT2D eigenvalue weighted by Gasteiger charge is -2.34. The maximum absolute atomic E-state index is 13.6. The maximum atomic E-state index is 13.6. The third kappa shape index (κ3) is 2.52. The van der Waals surface area contributed by atoms with Gasteiger partial charge in [-0.05, 0) is 55.8 Å². The number of hydrogen-bond acceptors (Lipinski definition) is 1. The van der Waals surface area contributed by atoms with Crippen LogP contribution in [0.5, 0.6) is 0 Å². The van der Waals surface area contributed by atoms with Crippen LogP contribution in [0.4, 0.5) is 4.39 Å². The van der Waals surface area contributed by atoms with E-state index in [2.05, 4.69) is 25.2 Å². The van der Waals surface area contributed by atoms with Gasteiger partial charge in [0, 0.05) is 5.54 Å². The zero-order chi connectivity index (χ0) is 12.5. The molecule has 0 radical (unpaired) electrons. The molecule has 1 nitrogen and oxygen atoms in total. The standard InChI is InChI=1S/C15H22FN/c1-11(2)15(7-4-8-17-15)10-13-6-5-12(3)14(16)9-13/h5-6,9,11,17H,4,7-8,10H2,1-3H3. The highest BCUT2D eigenvalue weighted by Gasteiger charge is 2.36. The van der Waals surface area contributed by atoms with Crippen LogP contribution in [0.2, 0.25) is 0 Å². The molecule has 0 saturated carbocycles. The summed E-state index contributed by atoms with van der Waals surface area (Å²) < 4.78 is 13.6. The van der Waals surface area contributed by atoms with Gasteiger partial charge in [-0.25, -0.2) is 4.39 Å². The van der Waals surface area contributed by atoms with Crippen LogP contribution in [0, 0.1) is 18.7 Å². The van der Waals surface area contributed by atoms with Crippen molar-refractivity contribution in [2.75, 3.05) is 6.54 Å². The Morgan fingerprint density at radius 2 is 2.18 bits per heavy atom. The van der Waals surface area contributed by atoms with Crippen LogP contribution in [0.3, 0.4) is 0 Å². The van der Waals surface area contributed by atoms with E-state index in [-0.39, 0.29) is 11.4 Å². The Labute approximate surface area is 103 Å². The highest BCUT2D eigenvalue weighted by atomic mass is 19.1. The minimum atomic E-state index is -0.0839. The van der Waals surface area contributed by atoms with Crippen molar-refractivity contribution in [1.82, 2.24) is 5.32 Å². The van der Waals surface area contributed by atoms with Crippen LogP contribution in [0.1, 0.15) is 37.8 Å². The van der Waals surface area contributed by atoms with Crippen LogP contribution >= 0.6 is 0 Å². The van der Waals surface area contributed by atoms with Gasteiger partial charge in [0.25, 0.3) is 0 Å². The van der Waals surface area contributed by atoms with Crippen molar-refractivity contribution in [2.45, 2.75) is 45.6 Å². The van der Waals surface area contributed by atoms with E-state index in [1.54, 1.807) is 6.07 Å². The van der Waals surface area contributed by atoms with Gasteiger partial charge in [-0.15, -0.1) is 0 Å². The van der Waals surface area contributed by atoms with Crippen molar-refractivity contribution in [3.63, 3.8) is 0 Å². The van der Waals surface area contributed by atoms with Crippen molar-refractivity contribution in [3.8, 4) is 0 Å². The molecule has 0 bridgehead atoms. The van der Waals surface area contributed by atoms with Crippen LogP contribution in [0.25, 0.3) is 0 Å². The summed E-state index contributed by atoms with van der Waals surface area (Å²) in [5.74, 6) is 0.494. The summed E-state index contributed by atoms with van der Waals surface area (Å²) in [6, 6.07) is 5.63. The number of halogens is 1. The topological polar surface area (TPSA) is 12.0 Å². The zero-order valence-corrected chi connectivity index (χ0v) is 11.0. The summed E-state index contributed by atoms with van der Waals surface area (Å²) in [6.45, 7) is 7.41. The molecule has 94 valence electrons. The Bertz CT molecular complexity index is 392. The second-order valence-corrected chi connectivity index (χ2v) is 5.60. The van der Waals surface area contributed by atoms with Crippen LogP contribution in [0.15, 0.2) is 18.2 Å². The summed E-state index contributed by atoms with van der Waals surface area (Å²) in [4.78, 5) is 0. The monoisotopic (exact) mass is 235 g/mol. The van der Waals surface area contributed by atoms with Crippen LogP contribution in [-0.4, -0.2) is 12.1 Å². The van der Waals surface area contributed by atoms with Gasteiger partial charge in [-0.1, -0.05) is 26.0 Å². The smallest absolute Gasteiger partial charge is 0.126 e. The van der Waals surface area contributed by atoms with Crippen molar-refractivity contribution in [2.24, 2.45) is 5.92 Å². The first-order chi connectivity index (χ1) is 8.03. The van der Waals surface area contributed by atoms with Crippen LogP contribution < -0.4 is 5.32 Å². The second kappa shape index (κ2) is 4.77. The fourth-order valence-electron chi connectivity index (χ4n) is 2.79. The Kier molecular flexibility index (Phi) is 3.53. The molecule has 2 rings (SSSR count). The van der Waals surface area contributed by atoms with Gasteiger partial charge in [-0.3, -0.25) is 0 Å². The number of aryl methyl sites for hydroxylation is 1. The van der Waals surface area contributed by atoms with Gasteiger partial charge in [0.2, 0.25) is 0 Å². The Morgan fingerprint density at radius 1 is 1.41 bits per heavy atom. The largest absolute Gasteiger partial charge is 0.311 e. The van der Waals surface area contributed by atoms with E-state index in [4.69, 9.17) is 0 Å². The molecule has 0 aliphatic carbocycles. The molecule has 1 unspecified atom stereocenters. The second-order valence-electron chi connectivity index (χ2n) is 5.60. The first kappa shape index (κ1) is 12.6. The lowest BCUT2D eigenvalue weighted by molar-refractivity contribution is 0.269. The molecule has 1 aromatic rings. The lowest BCUT2D eigenvalue weighted by Crippen LogP contribution is -2.46. The molecule has 1 aromatic carbocycles. The van der Waals surface area contributed by atoms with E-state index >= 15 is 0 Å². The third-order valence-corrected chi connectivity index (χ3v) is 4.14. The molecule has 17 heavy (non-hydrogen) atoms. The van der Waals surface area contributed by atoms with E-state index in [0.717, 1.165) is 24.1 Å². The molecule has 1 aliphatic heterocycles. The molecule has 1 N–H and O–H groups in total. The summed E-state index contributed by atoms with van der Waals surface area (Å²) in [5.41, 5.74) is 2.00. The summed E-state index contributed by atoms with van der Waals surface area (Å²) in [7, 11) is 0. The van der Waals surface area contributed by atoms with E-state index in [9.17, 15) is 4.39 Å². The quantitative estimate of drug-likeness (QED) is 0.846. The average Bonchev–Trinajstić information content (AvgIpc) is 2.73. The summed E-state index contributed by atoms with van der Waals surface area (Å²) >= 11 is 0. The highest BCUT2D eigenvalue weighted by Crippen LogP contribution is 2.31. The van der Waals surface area contributed by atoms with Gasteiger partial charge in [-0.2, -0.15) is 0 Å². The Balaban J connectivity index is 2.20. The van der Waals surface area contributed by atoms with E-state index in [1.807, 2.05) is 13.0 Å². The van der Waals surface area contributed by atoms with E-state index < -0.39 is 0 Å². The predicted octanol–water partition coefficient (Wildman–Crippen LogP) is 3.45. The summed E-state index contributed by atoms with van der Waals surface area (Å²) in [5, 5.41) is 3.63. The molecular formula is C15H22FN. The van der Waals surface area contributed by atoms with Crippen molar-refractivity contribution >= 4 is 0 Å². The van der Waals surface area contributed by atoms with Gasteiger partial charge in [0.1, 0.15) is 5.82 Å². The van der Waals surface area contributed by atoms with Gasteiger partial charge in [0.05, 0.1) is 0 Å². The molecule has 0 amide bonds. The molecule has 1 heterocycles.